The number of carbonyl (C=O) groups is 1. The minimum absolute atomic E-state index is 0.0327. The third kappa shape index (κ3) is 2.38. The van der Waals surface area contributed by atoms with Gasteiger partial charge in [-0.1, -0.05) is 24.3 Å². The van der Waals surface area contributed by atoms with Gasteiger partial charge >= 0.3 is 5.97 Å². The van der Waals surface area contributed by atoms with Gasteiger partial charge in [-0.2, -0.15) is 5.10 Å². The lowest BCUT2D eigenvalue weighted by Gasteiger charge is -2.07. The molecule has 0 aliphatic carbocycles. The zero-order valence-electron chi connectivity index (χ0n) is 11.4. The summed E-state index contributed by atoms with van der Waals surface area (Å²) >= 11 is 0. The molecule has 0 spiro atoms. The van der Waals surface area contributed by atoms with Crippen molar-refractivity contribution in [3.05, 3.63) is 65.1 Å². The first-order valence-corrected chi connectivity index (χ1v) is 6.50. The second kappa shape index (κ2) is 5.01. The Hall–Kier alpha value is -2.69. The molecule has 0 saturated carbocycles. The second-order valence-electron chi connectivity index (χ2n) is 4.90. The first-order valence-electron chi connectivity index (χ1n) is 6.50. The summed E-state index contributed by atoms with van der Waals surface area (Å²) in [5.41, 5.74) is 2.50. The van der Waals surface area contributed by atoms with Crippen molar-refractivity contribution in [2.75, 3.05) is 0 Å². The molecule has 21 heavy (non-hydrogen) atoms. The van der Waals surface area contributed by atoms with Gasteiger partial charge in [-0.3, -0.25) is 4.68 Å². The molecule has 0 fully saturated rings. The van der Waals surface area contributed by atoms with E-state index in [4.69, 9.17) is 0 Å². The largest absolute Gasteiger partial charge is 0.476 e. The Balaban J connectivity index is 2.10. The van der Waals surface area contributed by atoms with E-state index in [0.717, 1.165) is 16.6 Å². The summed E-state index contributed by atoms with van der Waals surface area (Å²) in [5, 5.41) is 14.0. The number of carboxylic acids is 1. The average Bonchev–Trinajstić information content (AvgIpc) is 2.81. The molecule has 0 aliphatic heterocycles. The number of halogens is 1. The van der Waals surface area contributed by atoms with Gasteiger partial charge in [0, 0.05) is 5.39 Å². The number of benzene rings is 2. The fraction of sp³-hybridized carbons (Fsp3) is 0.125. The summed E-state index contributed by atoms with van der Waals surface area (Å²) in [6.07, 6.45) is 0. The molecule has 0 aliphatic rings. The van der Waals surface area contributed by atoms with Crippen LogP contribution in [-0.2, 0) is 6.54 Å². The number of para-hydroxylation sites is 1. The van der Waals surface area contributed by atoms with E-state index in [1.807, 2.05) is 19.1 Å². The smallest absolute Gasteiger partial charge is 0.357 e. The molecular weight excluding hydrogens is 271 g/mol. The highest BCUT2D eigenvalue weighted by molar-refractivity contribution is 6.01. The van der Waals surface area contributed by atoms with Gasteiger partial charge in [0.2, 0.25) is 0 Å². The fourth-order valence-corrected chi connectivity index (χ4v) is 2.40. The van der Waals surface area contributed by atoms with E-state index in [2.05, 4.69) is 5.10 Å². The van der Waals surface area contributed by atoms with E-state index in [1.165, 1.54) is 12.1 Å². The van der Waals surface area contributed by atoms with Gasteiger partial charge in [0.25, 0.3) is 0 Å². The van der Waals surface area contributed by atoms with Crippen LogP contribution >= 0.6 is 0 Å². The second-order valence-corrected chi connectivity index (χ2v) is 4.90. The molecule has 106 valence electrons. The summed E-state index contributed by atoms with van der Waals surface area (Å²) < 4.78 is 14.8. The number of aromatic nitrogens is 2. The molecule has 0 saturated heterocycles. The van der Waals surface area contributed by atoms with Crippen LogP contribution in [0.2, 0.25) is 0 Å². The van der Waals surface area contributed by atoms with Crippen LogP contribution in [-0.4, -0.2) is 20.9 Å². The standard InChI is InChI=1S/C16H13FN2O2/c1-10-8-12(17)7-6-11(10)9-19-14-5-3-2-4-13(14)15(18-19)16(20)21/h2-8H,9H2,1H3,(H,20,21). The molecule has 0 unspecified atom stereocenters. The van der Waals surface area contributed by atoms with Crippen molar-refractivity contribution < 1.29 is 14.3 Å². The number of hydrogen-bond donors (Lipinski definition) is 1. The van der Waals surface area contributed by atoms with Gasteiger partial charge in [0.05, 0.1) is 12.1 Å². The van der Waals surface area contributed by atoms with Gasteiger partial charge in [-0.15, -0.1) is 0 Å². The zero-order valence-corrected chi connectivity index (χ0v) is 11.4. The maximum absolute atomic E-state index is 13.1. The quantitative estimate of drug-likeness (QED) is 0.803. The van der Waals surface area contributed by atoms with Crippen molar-refractivity contribution in [3.8, 4) is 0 Å². The Morgan fingerprint density at radius 3 is 2.76 bits per heavy atom. The third-order valence-corrected chi connectivity index (χ3v) is 3.49. The molecule has 3 aromatic rings. The summed E-state index contributed by atoms with van der Waals surface area (Å²) in [6, 6.07) is 11.7. The van der Waals surface area contributed by atoms with Crippen molar-refractivity contribution in [3.63, 3.8) is 0 Å². The molecule has 2 aromatic carbocycles. The SMILES string of the molecule is Cc1cc(F)ccc1Cn1nc(C(=O)O)c2ccccc21. The van der Waals surface area contributed by atoms with E-state index in [1.54, 1.807) is 22.9 Å². The van der Waals surface area contributed by atoms with Crippen LogP contribution in [0.1, 0.15) is 21.6 Å². The molecule has 0 atom stereocenters. The summed E-state index contributed by atoms with van der Waals surface area (Å²) in [5.74, 6) is -1.34. The Morgan fingerprint density at radius 1 is 1.29 bits per heavy atom. The number of hydrogen-bond acceptors (Lipinski definition) is 2. The minimum atomic E-state index is -1.05. The van der Waals surface area contributed by atoms with Crippen LogP contribution in [0, 0.1) is 12.7 Å². The van der Waals surface area contributed by atoms with Crippen molar-refractivity contribution in [2.24, 2.45) is 0 Å². The summed E-state index contributed by atoms with van der Waals surface area (Å²) in [6.45, 7) is 2.22. The van der Waals surface area contributed by atoms with E-state index < -0.39 is 5.97 Å². The lowest BCUT2D eigenvalue weighted by atomic mass is 10.1. The molecule has 0 amide bonds. The minimum Gasteiger partial charge on any atom is -0.476 e. The summed E-state index contributed by atoms with van der Waals surface area (Å²) in [4.78, 5) is 11.3. The van der Waals surface area contributed by atoms with Crippen LogP contribution in [0.4, 0.5) is 4.39 Å². The summed E-state index contributed by atoms with van der Waals surface area (Å²) in [7, 11) is 0. The monoisotopic (exact) mass is 284 g/mol. The van der Waals surface area contributed by atoms with Gasteiger partial charge in [-0.25, -0.2) is 9.18 Å². The number of carboxylic acid groups (broad SMARTS) is 1. The van der Waals surface area contributed by atoms with Crippen molar-refractivity contribution in [2.45, 2.75) is 13.5 Å². The lowest BCUT2D eigenvalue weighted by Crippen LogP contribution is -2.05. The van der Waals surface area contributed by atoms with Gasteiger partial charge in [-0.05, 0) is 36.2 Å². The Bertz CT molecular complexity index is 839. The first-order chi connectivity index (χ1) is 10.1. The Morgan fingerprint density at radius 2 is 2.05 bits per heavy atom. The number of fused-ring (bicyclic) bond motifs is 1. The Kier molecular flexibility index (Phi) is 3.17. The van der Waals surface area contributed by atoms with Crippen LogP contribution < -0.4 is 0 Å². The topological polar surface area (TPSA) is 55.1 Å². The fourth-order valence-electron chi connectivity index (χ4n) is 2.40. The Labute approximate surface area is 120 Å². The van der Waals surface area contributed by atoms with Gasteiger partial charge in [0.1, 0.15) is 5.82 Å². The zero-order chi connectivity index (χ0) is 15.0. The van der Waals surface area contributed by atoms with Crippen LogP contribution in [0.15, 0.2) is 42.5 Å². The third-order valence-electron chi connectivity index (χ3n) is 3.49. The van der Waals surface area contributed by atoms with E-state index in [-0.39, 0.29) is 11.5 Å². The highest BCUT2D eigenvalue weighted by Gasteiger charge is 2.16. The number of rotatable bonds is 3. The normalized spacial score (nSPS) is 11.0. The number of aromatic carboxylic acids is 1. The highest BCUT2D eigenvalue weighted by atomic mass is 19.1. The van der Waals surface area contributed by atoms with Crippen molar-refractivity contribution >= 4 is 16.9 Å². The lowest BCUT2D eigenvalue weighted by molar-refractivity contribution is 0.0691. The molecular formula is C16H13FN2O2. The van der Waals surface area contributed by atoms with Gasteiger partial charge < -0.3 is 5.11 Å². The molecule has 3 rings (SSSR count). The predicted molar refractivity (Wildman–Crippen MR) is 76.9 cm³/mol. The predicted octanol–water partition coefficient (Wildman–Crippen LogP) is 3.23. The maximum atomic E-state index is 13.1. The number of aryl methyl sites for hydroxylation is 1. The molecule has 1 N–H and O–H groups in total. The maximum Gasteiger partial charge on any atom is 0.357 e. The van der Waals surface area contributed by atoms with Crippen LogP contribution in [0.5, 0.6) is 0 Å². The van der Waals surface area contributed by atoms with Crippen molar-refractivity contribution in [1.29, 1.82) is 0 Å². The van der Waals surface area contributed by atoms with E-state index in [0.29, 0.717) is 11.9 Å². The molecule has 1 aromatic heterocycles. The molecule has 5 heteroatoms. The molecule has 1 heterocycles. The van der Waals surface area contributed by atoms with E-state index >= 15 is 0 Å². The molecule has 0 bridgehead atoms. The van der Waals surface area contributed by atoms with E-state index in [9.17, 15) is 14.3 Å². The average molecular weight is 284 g/mol. The number of nitrogens with zero attached hydrogens (tertiary/aromatic N) is 2. The first kappa shape index (κ1) is 13.3. The van der Waals surface area contributed by atoms with Crippen LogP contribution in [0.3, 0.4) is 0 Å². The molecule has 4 nitrogen and oxygen atoms in total. The highest BCUT2D eigenvalue weighted by Crippen LogP contribution is 2.20. The molecule has 0 radical (unpaired) electrons. The van der Waals surface area contributed by atoms with Crippen molar-refractivity contribution in [1.82, 2.24) is 9.78 Å². The van der Waals surface area contributed by atoms with Gasteiger partial charge in [0.15, 0.2) is 5.69 Å². The van der Waals surface area contributed by atoms with Crippen LogP contribution in [0.25, 0.3) is 10.9 Å².